The van der Waals surface area contributed by atoms with Crippen LogP contribution in [0.4, 0.5) is 0 Å². The lowest BCUT2D eigenvalue weighted by atomic mass is 10.1. The standard InChI is InChI=1S/C12H9ClN4O3S/c13-10-5-9(18)11(17-16-10)12(21(15,19)20)8-3-1-7(6-14)2-4-8/h1-5,12H,(H,16,18)(H2,15,19,20). The van der Waals surface area contributed by atoms with Crippen molar-refractivity contribution in [3.8, 4) is 11.8 Å². The quantitative estimate of drug-likeness (QED) is 0.868. The zero-order valence-electron chi connectivity index (χ0n) is 10.4. The van der Waals surface area contributed by atoms with Crippen molar-refractivity contribution in [2.45, 2.75) is 5.25 Å². The summed E-state index contributed by atoms with van der Waals surface area (Å²) in [5.41, 5.74) is 0.383. The minimum absolute atomic E-state index is 0.0794. The SMILES string of the molecule is N#Cc1ccc(C(c2nnc(Cl)cc2O)S(N)(=O)=O)cc1. The first kappa shape index (κ1) is 15.2. The van der Waals surface area contributed by atoms with E-state index in [9.17, 15) is 13.5 Å². The lowest BCUT2D eigenvalue weighted by molar-refractivity contribution is 0.460. The van der Waals surface area contributed by atoms with Gasteiger partial charge in [0.1, 0.15) is 16.7 Å². The molecule has 1 aromatic carbocycles. The Kier molecular flexibility index (Phi) is 4.09. The van der Waals surface area contributed by atoms with Crippen LogP contribution >= 0.6 is 11.6 Å². The largest absolute Gasteiger partial charge is 0.506 e. The summed E-state index contributed by atoms with van der Waals surface area (Å²) < 4.78 is 23.6. The molecule has 1 unspecified atom stereocenters. The highest BCUT2D eigenvalue weighted by Gasteiger charge is 2.30. The molecule has 0 spiro atoms. The first-order valence-electron chi connectivity index (χ1n) is 5.56. The minimum atomic E-state index is -4.11. The van der Waals surface area contributed by atoms with Crippen LogP contribution in [0.2, 0.25) is 5.15 Å². The number of hydrogen-bond acceptors (Lipinski definition) is 6. The molecule has 3 N–H and O–H groups in total. The normalized spacial score (nSPS) is 12.6. The van der Waals surface area contributed by atoms with Gasteiger partial charge in [-0.25, -0.2) is 13.6 Å². The van der Waals surface area contributed by atoms with Crippen LogP contribution in [-0.4, -0.2) is 23.7 Å². The Bertz CT molecular complexity index is 815. The molecule has 0 aliphatic rings. The van der Waals surface area contributed by atoms with E-state index in [0.29, 0.717) is 5.56 Å². The van der Waals surface area contributed by atoms with Crippen LogP contribution in [0.15, 0.2) is 30.3 Å². The molecule has 0 radical (unpaired) electrons. The Morgan fingerprint density at radius 3 is 2.38 bits per heavy atom. The van der Waals surface area contributed by atoms with Gasteiger partial charge in [0, 0.05) is 6.07 Å². The fraction of sp³-hybridized carbons (Fsp3) is 0.0833. The minimum Gasteiger partial charge on any atom is -0.506 e. The maximum atomic E-state index is 11.8. The van der Waals surface area contributed by atoms with E-state index in [4.69, 9.17) is 22.0 Å². The van der Waals surface area contributed by atoms with Crippen molar-refractivity contribution in [3.05, 3.63) is 52.3 Å². The average Bonchev–Trinajstić information content (AvgIpc) is 2.41. The third-order valence-corrected chi connectivity index (χ3v) is 4.03. The number of hydrogen-bond donors (Lipinski definition) is 2. The van der Waals surface area contributed by atoms with Crippen LogP contribution in [0.5, 0.6) is 5.75 Å². The van der Waals surface area contributed by atoms with Crippen molar-refractivity contribution in [1.82, 2.24) is 10.2 Å². The van der Waals surface area contributed by atoms with E-state index in [1.54, 1.807) is 0 Å². The molecule has 9 heteroatoms. The van der Waals surface area contributed by atoms with Crippen LogP contribution in [-0.2, 0) is 10.0 Å². The van der Waals surface area contributed by atoms with Gasteiger partial charge in [-0.2, -0.15) is 5.26 Å². The highest BCUT2D eigenvalue weighted by atomic mass is 35.5. The van der Waals surface area contributed by atoms with Gasteiger partial charge in [-0.1, -0.05) is 23.7 Å². The van der Waals surface area contributed by atoms with E-state index in [0.717, 1.165) is 6.07 Å². The fourth-order valence-electron chi connectivity index (χ4n) is 1.79. The molecule has 0 saturated carbocycles. The van der Waals surface area contributed by atoms with Gasteiger partial charge in [0.15, 0.2) is 5.15 Å². The molecular formula is C12H9ClN4O3S. The zero-order valence-corrected chi connectivity index (χ0v) is 12.0. The van der Waals surface area contributed by atoms with Crippen molar-refractivity contribution in [2.24, 2.45) is 5.14 Å². The summed E-state index contributed by atoms with van der Waals surface area (Å²) in [7, 11) is -4.11. The number of primary sulfonamides is 1. The van der Waals surface area contributed by atoms with Crippen LogP contribution in [0.3, 0.4) is 0 Å². The predicted octanol–water partition coefficient (Wildman–Crippen LogP) is 1.09. The van der Waals surface area contributed by atoms with Gasteiger partial charge >= 0.3 is 0 Å². The molecule has 1 atom stereocenters. The number of aromatic nitrogens is 2. The number of benzene rings is 1. The summed E-state index contributed by atoms with van der Waals surface area (Å²) in [6.07, 6.45) is 0. The molecule has 7 nitrogen and oxygen atoms in total. The highest BCUT2D eigenvalue weighted by molar-refractivity contribution is 7.89. The van der Waals surface area contributed by atoms with Crippen LogP contribution < -0.4 is 5.14 Å². The topological polar surface area (TPSA) is 130 Å². The molecule has 0 amide bonds. The molecule has 108 valence electrons. The summed E-state index contributed by atoms with van der Waals surface area (Å²) in [6.45, 7) is 0. The first-order chi connectivity index (χ1) is 9.82. The lowest BCUT2D eigenvalue weighted by Gasteiger charge is -2.15. The molecule has 0 saturated heterocycles. The van der Waals surface area contributed by atoms with Crippen molar-refractivity contribution in [1.29, 1.82) is 5.26 Å². The Balaban J connectivity index is 2.61. The van der Waals surface area contributed by atoms with E-state index in [-0.39, 0.29) is 16.4 Å². The van der Waals surface area contributed by atoms with Crippen molar-refractivity contribution in [2.75, 3.05) is 0 Å². The van der Waals surface area contributed by atoms with Gasteiger partial charge in [0.25, 0.3) is 0 Å². The predicted molar refractivity (Wildman–Crippen MR) is 74.8 cm³/mol. The first-order valence-corrected chi connectivity index (χ1v) is 7.55. The summed E-state index contributed by atoms with van der Waals surface area (Å²) >= 11 is 5.57. The maximum absolute atomic E-state index is 11.8. The summed E-state index contributed by atoms with van der Waals surface area (Å²) in [5, 5.41) is 29.4. The molecule has 2 aromatic rings. The van der Waals surface area contributed by atoms with Gasteiger partial charge < -0.3 is 5.11 Å². The van der Waals surface area contributed by atoms with Crippen molar-refractivity contribution < 1.29 is 13.5 Å². The van der Waals surface area contributed by atoms with Gasteiger partial charge in [-0.3, -0.25) is 0 Å². The molecule has 0 fully saturated rings. The Morgan fingerprint density at radius 2 is 1.90 bits per heavy atom. The van der Waals surface area contributed by atoms with Gasteiger partial charge in [0.05, 0.1) is 11.6 Å². The van der Waals surface area contributed by atoms with Crippen LogP contribution in [0.25, 0.3) is 0 Å². The Labute approximate surface area is 125 Å². The van der Waals surface area contributed by atoms with Crippen molar-refractivity contribution >= 4 is 21.6 Å². The second-order valence-electron chi connectivity index (χ2n) is 4.14. The monoisotopic (exact) mass is 324 g/mol. The van der Waals surface area contributed by atoms with E-state index in [1.165, 1.54) is 24.3 Å². The van der Waals surface area contributed by atoms with Crippen molar-refractivity contribution in [3.63, 3.8) is 0 Å². The Hall–Kier alpha value is -2.21. The Morgan fingerprint density at radius 1 is 1.29 bits per heavy atom. The number of rotatable bonds is 3. The molecule has 2 rings (SSSR count). The zero-order chi connectivity index (χ0) is 15.6. The van der Waals surface area contributed by atoms with Gasteiger partial charge in [0.2, 0.25) is 10.0 Å². The van der Waals surface area contributed by atoms with Crippen LogP contribution in [0, 0.1) is 11.3 Å². The number of nitriles is 1. The molecule has 0 aliphatic carbocycles. The summed E-state index contributed by atoms with van der Waals surface area (Å²) in [6, 6.07) is 8.71. The summed E-state index contributed by atoms with van der Waals surface area (Å²) in [4.78, 5) is 0. The smallest absolute Gasteiger partial charge is 0.222 e. The molecule has 0 bridgehead atoms. The van der Waals surface area contributed by atoms with Gasteiger partial charge in [-0.05, 0) is 17.7 Å². The number of halogens is 1. The third-order valence-electron chi connectivity index (χ3n) is 2.69. The van der Waals surface area contributed by atoms with E-state index < -0.39 is 21.0 Å². The molecule has 1 heterocycles. The summed E-state index contributed by atoms with van der Waals surface area (Å²) in [5.74, 6) is -0.432. The fourth-order valence-corrected chi connectivity index (χ4v) is 2.95. The van der Waals surface area contributed by atoms with E-state index >= 15 is 0 Å². The van der Waals surface area contributed by atoms with Gasteiger partial charge in [-0.15, -0.1) is 10.2 Å². The number of nitrogens with two attached hydrogens (primary N) is 1. The molecular weight excluding hydrogens is 316 g/mol. The third kappa shape index (κ3) is 3.28. The van der Waals surface area contributed by atoms with E-state index in [1.807, 2.05) is 6.07 Å². The maximum Gasteiger partial charge on any atom is 0.222 e. The molecule has 21 heavy (non-hydrogen) atoms. The second kappa shape index (κ2) is 5.65. The van der Waals surface area contributed by atoms with Crippen LogP contribution in [0.1, 0.15) is 22.1 Å². The number of nitrogens with zero attached hydrogens (tertiary/aromatic N) is 3. The second-order valence-corrected chi connectivity index (χ2v) is 6.18. The molecule has 0 aliphatic heterocycles. The average molecular weight is 325 g/mol. The number of sulfonamides is 1. The number of aromatic hydroxyl groups is 1. The van der Waals surface area contributed by atoms with E-state index in [2.05, 4.69) is 10.2 Å². The highest BCUT2D eigenvalue weighted by Crippen LogP contribution is 2.33. The lowest BCUT2D eigenvalue weighted by Crippen LogP contribution is -2.24. The molecule has 1 aromatic heterocycles.